The third-order valence-corrected chi connectivity index (χ3v) is 4.07. The van der Waals surface area contributed by atoms with E-state index in [0.717, 1.165) is 39.0 Å². The summed E-state index contributed by atoms with van der Waals surface area (Å²) in [6.07, 6.45) is 8.68. The van der Waals surface area contributed by atoms with Gasteiger partial charge in [-0.1, -0.05) is 12.8 Å². The van der Waals surface area contributed by atoms with E-state index in [1.54, 1.807) is 6.92 Å². The SMILES string of the molecule is CC(=O)CCCCN1CCOC2CCCCC21. The van der Waals surface area contributed by atoms with Crippen molar-refractivity contribution in [3.05, 3.63) is 0 Å². The summed E-state index contributed by atoms with van der Waals surface area (Å²) in [7, 11) is 0. The van der Waals surface area contributed by atoms with Gasteiger partial charge in [-0.2, -0.15) is 0 Å². The van der Waals surface area contributed by atoms with Gasteiger partial charge in [-0.3, -0.25) is 4.90 Å². The molecule has 0 amide bonds. The molecular formula is C14H25NO2. The van der Waals surface area contributed by atoms with Crippen LogP contribution in [0.2, 0.25) is 0 Å². The first-order valence-electron chi connectivity index (χ1n) is 7.12. The number of rotatable bonds is 5. The van der Waals surface area contributed by atoms with E-state index in [2.05, 4.69) is 4.90 Å². The molecule has 0 aromatic carbocycles. The minimum Gasteiger partial charge on any atom is -0.375 e. The maximum absolute atomic E-state index is 10.9. The van der Waals surface area contributed by atoms with Crippen molar-refractivity contribution in [1.82, 2.24) is 4.90 Å². The Morgan fingerprint density at radius 1 is 1.29 bits per heavy atom. The molecule has 0 spiro atoms. The lowest BCUT2D eigenvalue weighted by molar-refractivity contribution is -0.117. The van der Waals surface area contributed by atoms with Crippen molar-refractivity contribution in [1.29, 1.82) is 0 Å². The largest absolute Gasteiger partial charge is 0.375 e. The molecule has 98 valence electrons. The number of carbonyl (C=O) groups excluding carboxylic acids is 1. The highest BCUT2D eigenvalue weighted by atomic mass is 16.5. The van der Waals surface area contributed by atoms with Crippen molar-refractivity contribution in [2.75, 3.05) is 19.7 Å². The zero-order valence-corrected chi connectivity index (χ0v) is 11.0. The topological polar surface area (TPSA) is 29.5 Å². The molecule has 0 radical (unpaired) electrons. The predicted molar refractivity (Wildman–Crippen MR) is 68.1 cm³/mol. The van der Waals surface area contributed by atoms with Crippen molar-refractivity contribution >= 4 is 5.78 Å². The molecule has 2 aliphatic rings. The fourth-order valence-electron chi connectivity index (χ4n) is 3.14. The van der Waals surface area contributed by atoms with Gasteiger partial charge in [-0.15, -0.1) is 0 Å². The molecule has 0 aromatic rings. The van der Waals surface area contributed by atoms with Gasteiger partial charge >= 0.3 is 0 Å². The lowest BCUT2D eigenvalue weighted by atomic mass is 9.90. The van der Waals surface area contributed by atoms with E-state index in [0.29, 0.717) is 17.9 Å². The highest BCUT2D eigenvalue weighted by molar-refractivity contribution is 5.75. The Morgan fingerprint density at radius 3 is 2.94 bits per heavy atom. The maximum atomic E-state index is 10.9. The van der Waals surface area contributed by atoms with Crippen LogP contribution in [0.4, 0.5) is 0 Å². The summed E-state index contributed by atoms with van der Waals surface area (Å²) in [4.78, 5) is 13.5. The van der Waals surface area contributed by atoms with Crippen LogP contribution in [0.3, 0.4) is 0 Å². The lowest BCUT2D eigenvalue weighted by Gasteiger charge is -2.43. The summed E-state index contributed by atoms with van der Waals surface area (Å²) in [6.45, 7) is 4.82. The van der Waals surface area contributed by atoms with Crippen LogP contribution in [0.25, 0.3) is 0 Å². The van der Waals surface area contributed by atoms with E-state index < -0.39 is 0 Å². The van der Waals surface area contributed by atoms with E-state index in [1.807, 2.05) is 0 Å². The number of hydrogen-bond acceptors (Lipinski definition) is 3. The van der Waals surface area contributed by atoms with Gasteiger partial charge in [0.05, 0.1) is 12.7 Å². The average Bonchev–Trinajstić information content (AvgIpc) is 2.34. The summed E-state index contributed by atoms with van der Waals surface area (Å²) in [5, 5.41) is 0. The van der Waals surface area contributed by atoms with Gasteiger partial charge < -0.3 is 9.53 Å². The van der Waals surface area contributed by atoms with E-state index in [1.165, 1.54) is 25.7 Å². The number of ketones is 1. The highest BCUT2D eigenvalue weighted by Crippen LogP contribution is 2.28. The molecule has 17 heavy (non-hydrogen) atoms. The Balaban J connectivity index is 1.73. The first-order valence-corrected chi connectivity index (χ1v) is 7.12. The molecule has 1 saturated carbocycles. The Labute approximate surface area is 105 Å². The summed E-state index contributed by atoms with van der Waals surface area (Å²) in [5.74, 6) is 0.322. The number of Topliss-reactive ketones (excluding diaryl/α,β-unsaturated/α-hetero) is 1. The zero-order chi connectivity index (χ0) is 12.1. The molecule has 1 aliphatic heterocycles. The van der Waals surface area contributed by atoms with E-state index in [9.17, 15) is 4.79 Å². The van der Waals surface area contributed by atoms with Crippen molar-refractivity contribution in [2.45, 2.75) is 64.0 Å². The average molecular weight is 239 g/mol. The van der Waals surface area contributed by atoms with Crippen molar-refractivity contribution in [2.24, 2.45) is 0 Å². The van der Waals surface area contributed by atoms with Crippen LogP contribution >= 0.6 is 0 Å². The molecule has 1 saturated heterocycles. The van der Waals surface area contributed by atoms with Crippen LogP contribution in [0.1, 0.15) is 51.9 Å². The van der Waals surface area contributed by atoms with Crippen molar-refractivity contribution in [3.63, 3.8) is 0 Å². The molecule has 0 aromatic heterocycles. The van der Waals surface area contributed by atoms with E-state index in [4.69, 9.17) is 4.74 Å². The van der Waals surface area contributed by atoms with Gasteiger partial charge in [-0.05, 0) is 39.2 Å². The van der Waals surface area contributed by atoms with Crippen molar-refractivity contribution in [3.8, 4) is 0 Å². The van der Waals surface area contributed by atoms with Gasteiger partial charge in [0.1, 0.15) is 5.78 Å². The Morgan fingerprint density at radius 2 is 2.12 bits per heavy atom. The van der Waals surface area contributed by atoms with Crippen molar-refractivity contribution < 1.29 is 9.53 Å². The third-order valence-electron chi connectivity index (χ3n) is 4.07. The predicted octanol–water partition coefficient (Wildman–Crippen LogP) is 2.39. The molecular weight excluding hydrogens is 214 g/mol. The normalized spacial score (nSPS) is 29.9. The Hall–Kier alpha value is -0.410. The molecule has 3 heteroatoms. The number of carbonyl (C=O) groups is 1. The van der Waals surface area contributed by atoms with Gasteiger partial charge in [0.15, 0.2) is 0 Å². The number of nitrogens with zero attached hydrogens (tertiary/aromatic N) is 1. The number of fused-ring (bicyclic) bond motifs is 1. The molecule has 1 heterocycles. The Kier molecular flexibility index (Phi) is 4.99. The van der Waals surface area contributed by atoms with Gasteiger partial charge in [0, 0.05) is 19.0 Å². The highest BCUT2D eigenvalue weighted by Gasteiger charge is 2.33. The standard InChI is InChI=1S/C14H25NO2/c1-12(16)6-4-5-9-15-10-11-17-14-8-3-2-7-13(14)15/h13-14H,2-11H2,1H3. The smallest absolute Gasteiger partial charge is 0.129 e. The third kappa shape index (κ3) is 3.78. The second-order valence-electron chi connectivity index (χ2n) is 5.46. The molecule has 3 nitrogen and oxygen atoms in total. The molecule has 2 unspecified atom stereocenters. The summed E-state index contributed by atoms with van der Waals surface area (Å²) >= 11 is 0. The maximum Gasteiger partial charge on any atom is 0.129 e. The van der Waals surface area contributed by atoms with E-state index in [-0.39, 0.29) is 0 Å². The van der Waals surface area contributed by atoms with Crippen LogP contribution in [-0.2, 0) is 9.53 Å². The first kappa shape index (κ1) is 13.0. The molecule has 1 aliphatic carbocycles. The van der Waals surface area contributed by atoms with Crippen LogP contribution in [0.15, 0.2) is 0 Å². The second-order valence-corrected chi connectivity index (χ2v) is 5.46. The number of hydrogen-bond donors (Lipinski definition) is 0. The van der Waals surface area contributed by atoms with Crippen LogP contribution in [0.5, 0.6) is 0 Å². The molecule has 2 atom stereocenters. The summed E-state index contributed by atoms with van der Waals surface area (Å²) < 4.78 is 5.86. The fraction of sp³-hybridized carbons (Fsp3) is 0.929. The molecule has 0 bridgehead atoms. The van der Waals surface area contributed by atoms with Gasteiger partial charge in [0.2, 0.25) is 0 Å². The molecule has 0 N–H and O–H groups in total. The monoisotopic (exact) mass is 239 g/mol. The minimum atomic E-state index is 0.322. The number of morpholine rings is 1. The quantitative estimate of drug-likeness (QED) is 0.690. The molecule has 2 fully saturated rings. The fourth-order valence-corrected chi connectivity index (χ4v) is 3.14. The van der Waals surface area contributed by atoms with Crippen LogP contribution in [-0.4, -0.2) is 42.5 Å². The molecule has 2 rings (SSSR count). The first-order chi connectivity index (χ1) is 8.27. The van der Waals surface area contributed by atoms with Gasteiger partial charge in [0.25, 0.3) is 0 Å². The van der Waals surface area contributed by atoms with Gasteiger partial charge in [-0.25, -0.2) is 0 Å². The summed E-state index contributed by atoms with van der Waals surface area (Å²) in [5.41, 5.74) is 0. The lowest BCUT2D eigenvalue weighted by Crippen LogP contribution is -2.52. The minimum absolute atomic E-state index is 0.322. The Bertz CT molecular complexity index is 253. The summed E-state index contributed by atoms with van der Waals surface area (Å²) in [6, 6.07) is 0.662. The van der Waals surface area contributed by atoms with Crippen LogP contribution < -0.4 is 0 Å². The second kappa shape index (κ2) is 6.50. The van der Waals surface area contributed by atoms with E-state index >= 15 is 0 Å². The number of ether oxygens (including phenoxy) is 1. The number of unbranched alkanes of at least 4 members (excludes halogenated alkanes) is 1. The zero-order valence-electron chi connectivity index (χ0n) is 11.0. The van der Waals surface area contributed by atoms with Crippen LogP contribution in [0, 0.1) is 0 Å².